The van der Waals surface area contributed by atoms with Gasteiger partial charge in [0, 0.05) is 51.3 Å². The molecule has 6 heteroatoms. The molecule has 2 saturated heterocycles. The fourth-order valence-electron chi connectivity index (χ4n) is 4.19. The smallest absolute Gasteiger partial charge is 0.242 e. The van der Waals surface area contributed by atoms with E-state index in [4.69, 9.17) is 9.47 Å². The molecule has 3 aliphatic rings. The lowest BCUT2D eigenvalue weighted by Crippen LogP contribution is -2.57. The van der Waals surface area contributed by atoms with Gasteiger partial charge in [0.25, 0.3) is 0 Å². The van der Waals surface area contributed by atoms with Crippen molar-refractivity contribution in [2.75, 3.05) is 39.4 Å². The molecule has 1 aromatic rings. The topological polar surface area (TPSA) is 54.9 Å². The third kappa shape index (κ3) is 4.61. The number of hydrogen-bond acceptors (Lipinski definition) is 5. The number of amides is 1. The van der Waals surface area contributed by atoms with Crippen molar-refractivity contribution < 1.29 is 14.3 Å². The van der Waals surface area contributed by atoms with Crippen LogP contribution >= 0.6 is 0 Å². The summed E-state index contributed by atoms with van der Waals surface area (Å²) in [5, 5.41) is 0. The van der Waals surface area contributed by atoms with Crippen molar-refractivity contribution in [2.24, 2.45) is 5.92 Å². The zero-order chi connectivity index (χ0) is 18.6. The van der Waals surface area contributed by atoms with E-state index < -0.39 is 0 Å². The highest BCUT2D eigenvalue weighted by molar-refractivity contribution is 5.82. The quantitative estimate of drug-likeness (QED) is 0.792. The van der Waals surface area contributed by atoms with Gasteiger partial charge in [0.1, 0.15) is 12.1 Å². The number of carbonyl (C=O) groups is 1. The monoisotopic (exact) mass is 373 g/mol. The van der Waals surface area contributed by atoms with E-state index in [1.165, 1.54) is 19.3 Å². The second-order valence-corrected chi connectivity index (χ2v) is 8.20. The van der Waals surface area contributed by atoms with E-state index in [1.54, 1.807) is 0 Å². The van der Waals surface area contributed by atoms with Crippen LogP contribution in [0.2, 0.25) is 0 Å². The van der Waals surface area contributed by atoms with Gasteiger partial charge in [-0.2, -0.15) is 0 Å². The maximum Gasteiger partial charge on any atom is 0.242 e. The zero-order valence-corrected chi connectivity index (χ0v) is 16.3. The van der Waals surface area contributed by atoms with Crippen molar-refractivity contribution in [3.8, 4) is 5.88 Å². The van der Waals surface area contributed by atoms with Gasteiger partial charge in [0.05, 0.1) is 13.2 Å². The molecule has 3 fully saturated rings. The van der Waals surface area contributed by atoms with E-state index in [0.29, 0.717) is 12.5 Å². The van der Waals surface area contributed by atoms with Crippen LogP contribution in [0.1, 0.15) is 37.7 Å². The molecule has 4 rings (SSSR count). The van der Waals surface area contributed by atoms with Crippen molar-refractivity contribution in [1.29, 1.82) is 0 Å². The van der Waals surface area contributed by atoms with Crippen molar-refractivity contribution in [2.45, 2.75) is 51.2 Å². The molecular weight excluding hydrogens is 342 g/mol. The molecule has 0 bridgehead atoms. The Morgan fingerprint density at radius 1 is 1.22 bits per heavy atom. The summed E-state index contributed by atoms with van der Waals surface area (Å²) in [5.74, 6) is 1.69. The van der Waals surface area contributed by atoms with Gasteiger partial charge in [0.15, 0.2) is 0 Å². The van der Waals surface area contributed by atoms with E-state index in [2.05, 4.69) is 9.88 Å². The summed E-state index contributed by atoms with van der Waals surface area (Å²) in [4.78, 5) is 21.8. The number of rotatable bonds is 5. The third-order valence-electron chi connectivity index (χ3n) is 6.17. The third-order valence-corrected chi connectivity index (χ3v) is 6.17. The molecular formula is C21H31N3O3. The van der Waals surface area contributed by atoms with Gasteiger partial charge in [-0.1, -0.05) is 12.5 Å². The van der Waals surface area contributed by atoms with Crippen LogP contribution in [-0.4, -0.2) is 72.2 Å². The standard InChI is InChI=1S/C21H31N3O3/c1-16-5-6-20(22-13-16)27-18-7-9-23(10-8-18)21(25)19-15-26-12-11-24(19)14-17-3-2-4-17/h5-6,13,17-19H,2-4,7-12,14-15H2,1H3. The van der Waals surface area contributed by atoms with Crippen molar-refractivity contribution in [1.82, 2.24) is 14.8 Å². The molecule has 1 saturated carbocycles. The lowest BCUT2D eigenvalue weighted by molar-refractivity contribution is -0.145. The van der Waals surface area contributed by atoms with Crippen LogP contribution < -0.4 is 4.74 Å². The molecule has 27 heavy (non-hydrogen) atoms. The largest absolute Gasteiger partial charge is 0.474 e. The lowest BCUT2D eigenvalue weighted by Gasteiger charge is -2.42. The Bertz CT molecular complexity index is 624. The molecule has 3 heterocycles. The number of pyridine rings is 1. The minimum atomic E-state index is -0.101. The maximum atomic E-state index is 13.1. The van der Waals surface area contributed by atoms with Crippen LogP contribution in [0.25, 0.3) is 0 Å². The highest BCUT2D eigenvalue weighted by atomic mass is 16.5. The van der Waals surface area contributed by atoms with Crippen LogP contribution in [0.3, 0.4) is 0 Å². The number of nitrogens with zero attached hydrogens (tertiary/aromatic N) is 3. The molecule has 1 amide bonds. The summed E-state index contributed by atoms with van der Waals surface area (Å²) < 4.78 is 11.6. The number of piperidine rings is 1. The molecule has 2 aliphatic heterocycles. The first-order valence-electron chi connectivity index (χ1n) is 10.4. The highest BCUT2D eigenvalue weighted by Crippen LogP contribution is 2.28. The summed E-state index contributed by atoms with van der Waals surface area (Å²) in [6, 6.07) is 3.83. The second kappa shape index (κ2) is 8.57. The van der Waals surface area contributed by atoms with Gasteiger partial charge in [0.2, 0.25) is 11.8 Å². The first kappa shape index (κ1) is 18.7. The number of carbonyl (C=O) groups excluding carboxylic acids is 1. The number of morpholine rings is 1. The van der Waals surface area contributed by atoms with Crippen molar-refractivity contribution in [3.05, 3.63) is 23.9 Å². The van der Waals surface area contributed by atoms with E-state index in [9.17, 15) is 4.79 Å². The van der Waals surface area contributed by atoms with Crippen LogP contribution in [0.4, 0.5) is 0 Å². The Morgan fingerprint density at radius 3 is 2.70 bits per heavy atom. The van der Waals surface area contributed by atoms with E-state index in [0.717, 1.165) is 57.1 Å². The van der Waals surface area contributed by atoms with E-state index in [-0.39, 0.29) is 18.1 Å². The van der Waals surface area contributed by atoms with Crippen molar-refractivity contribution >= 4 is 5.91 Å². The SMILES string of the molecule is Cc1ccc(OC2CCN(C(=O)C3COCCN3CC3CCC3)CC2)nc1. The van der Waals surface area contributed by atoms with Gasteiger partial charge in [-0.05, 0) is 31.2 Å². The van der Waals surface area contributed by atoms with Crippen LogP contribution in [-0.2, 0) is 9.53 Å². The Kier molecular flexibility index (Phi) is 5.93. The van der Waals surface area contributed by atoms with Crippen LogP contribution in [0.15, 0.2) is 18.3 Å². The zero-order valence-electron chi connectivity index (χ0n) is 16.3. The molecule has 148 valence electrons. The summed E-state index contributed by atoms with van der Waals surface area (Å²) in [6.45, 7) is 6.74. The Hall–Kier alpha value is -1.66. The molecule has 0 radical (unpaired) electrons. The number of aryl methyl sites for hydroxylation is 1. The maximum absolute atomic E-state index is 13.1. The van der Waals surface area contributed by atoms with Gasteiger partial charge >= 0.3 is 0 Å². The van der Waals surface area contributed by atoms with E-state index in [1.807, 2.05) is 30.2 Å². The minimum Gasteiger partial charge on any atom is -0.474 e. The Labute approximate surface area is 161 Å². The van der Waals surface area contributed by atoms with Gasteiger partial charge in [-0.15, -0.1) is 0 Å². The van der Waals surface area contributed by atoms with Crippen molar-refractivity contribution in [3.63, 3.8) is 0 Å². The average molecular weight is 373 g/mol. The fourth-order valence-corrected chi connectivity index (χ4v) is 4.19. The molecule has 0 N–H and O–H groups in total. The van der Waals surface area contributed by atoms with Gasteiger partial charge in [-0.3, -0.25) is 9.69 Å². The molecule has 0 aromatic carbocycles. The molecule has 1 atom stereocenters. The van der Waals surface area contributed by atoms with Crippen LogP contribution in [0.5, 0.6) is 5.88 Å². The predicted octanol–water partition coefficient (Wildman–Crippen LogP) is 2.26. The average Bonchev–Trinajstić information content (AvgIpc) is 2.67. The van der Waals surface area contributed by atoms with Crippen LogP contribution in [0, 0.1) is 12.8 Å². The Balaban J connectivity index is 1.28. The Morgan fingerprint density at radius 2 is 2.04 bits per heavy atom. The second-order valence-electron chi connectivity index (χ2n) is 8.20. The van der Waals surface area contributed by atoms with Gasteiger partial charge in [-0.25, -0.2) is 4.98 Å². The number of ether oxygens (including phenoxy) is 2. The lowest BCUT2D eigenvalue weighted by atomic mass is 9.84. The molecule has 6 nitrogen and oxygen atoms in total. The summed E-state index contributed by atoms with van der Waals surface area (Å²) in [7, 11) is 0. The number of likely N-dealkylation sites (tertiary alicyclic amines) is 1. The number of aromatic nitrogens is 1. The first-order valence-corrected chi connectivity index (χ1v) is 10.4. The normalized spacial score (nSPS) is 25.2. The molecule has 1 unspecified atom stereocenters. The first-order chi connectivity index (χ1) is 13.2. The highest BCUT2D eigenvalue weighted by Gasteiger charge is 2.36. The fraction of sp³-hybridized carbons (Fsp3) is 0.714. The molecule has 0 spiro atoms. The van der Waals surface area contributed by atoms with E-state index >= 15 is 0 Å². The summed E-state index contributed by atoms with van der Waals surface area (Å²) >= 11 is 0. The molecule has 1 aliphatic carbocycles. The minimum absolute atomic E-state index is 0.101. The summed E-state index contributed by atoms with van der Waals surface area (Å²) in [6.07, 6.45) is 7.65. The molecule has 1 aromatic heterocycles. The predicted molar refractivity (Wildman–Crippen MR) is 103 cm³/mol. The van der Waals surface area contributed by atoms with Gasteiger partial charge < -0.3 is 14.4 Å². The number of hydrogen-bond donors (Lipinski definition) is 0. The summed E-state index contributed by atoms with van der Waals surface area (Å²) in [5.41, 5.74) is 1.13.